The second kappa shape index (κ2) is 8.42. The summed E-state index contributed by atoms with van der Waals surface area (Å²) in [5.41, 5.74) is 0.481. The summed E-state index contributed by atoms with van der Waals surface area (Å²) >= 11 is 0. The third kappa shape index (κ3) is 4.80. The summed E-state index contributed by atoms with van der Waals surface area (Å²) in [5.74, 6) is -0.520. The minimum absolute atomic E-state index is 0.0267. The molecule has 0 amide bonds. The van der Waals surface area contributed by atoms with Crippen LogP contribution < -0.4 is 10.6 Å². The number of aromatic nitrogens is 3. The highest BCUT2D eigenvalue weighted by molar-refractivity contribution is 5.64. The van der Waals surface area contributed by atoms with E-state index in [0.717, 1.165) is 12.3 Å². The van der Waals surface area contributed by atoms with E-state index < -0.39 is 17.6 Å². The molecule has 2 heterocycles. The quantitative estimate of drug-likeness (QED) is 0.386. The molecule has 0 saturated carbocycles. The molecule has 0 fully saturated rings. The van der Waals surface area contributed by atoms with Crippen molar-refractivity contribution in [1.82, 2.24) is 15.0 Å². The molecule has 4 rings (SSSR count). The Bertz CT molecular complexity index is 1180. The minimum atomic E-state index is -4.51. The zero-order valence-electron chi connectivity index (χ0n) is 15.8. The molecule has 0 bridgehead atoms. The van der Waals surface area contributed by atoms with Crippen LogP contribution in [0.5, 0.6) is 0 Å². The zero-order chi connectivity index (χ0) is 21.8. The number of halogens is 4. The van der Waals surface area contributed by atoms with E-state index in [9.17, 15) is 17.6 Å². The summed E-state index contributed by atoms with van der Waals surface area (Å²) in [6, 6.07) is 12.1. The summed E-state index contributed by atoms with van der Waals surface area (Å²) in [4.78, 5) is 12.0. The molecular weight excluding hydrogens is 414 g/mol. The van der Waals surface area contributed by atoms with Crippen LogP contribution in [0.15, 0.2) is 71.6 Å². The number of anilines is 3. The fraction of sp³-hybridized carbons (Fsp3) is 0.0952. The van der Waals surface area contributed by atoms with E-state index in [1.807, 2.05) is 0 Å². The molecule has 0 spiro atoms. The van der Waals surface area contributed by atoms with E-state index in [1.165, 1.54) is 30.7 Å². The van der Waals surface area contributed by atoms with Crippen molar-refractivity contribution in [1.29, 1.82) is 0 Å². The van der Waals surface area contributed by atoms with Gasteiger partial charge in [0, 0.05) is 17.8 Å². The Labute approximate surface area is 174 Å². The van der Waals surface area contributed by atoms with E-state index >= 15 is 0 Å². The average Bonchev–Trinajstić information content (AvgIpc) is 3.29. The molecule has 0 aliphatic heterocycles. The van der Waals surface area contributed by atoms with Crippen molar-refractivity contribution in [3.05, 3.63) is 84.1 Å². The smallest absolute Gasteiger partial charge is 0.416 e. The molecule has 2 N–H and O–H groups in total. The van der Waals surface area contributed by atoms with E-state index in [1.54, 1.807) is 24.3 Å². The second-order valence-electron chi connectivity index (χ2n) is 6.44. The van der Waals surface area contributed by atoms with Crippen LogP contribution in [0.1, 0.15) is 11.1 Å². The Kier molecular flexibility index (Phi) is 5.52. The monoisotopic (exact) mass is 429 g/mol. The van der Waals surface area contributed by atoms with Gasteiger partial charge < -0.3 is 15.1 Å². The summed E-state index contributed by atoms with van der Waals surface area (Å²) in [5, 5.41) is 5.54. The van der Waals surface area contributed by atoms with Gasteiger partial charge in [-0.25, -0.2) is 14.4 Å². The first-order valence-corrected chi connectivity index (χ1v) is 9.08. The highest BCUT2D eigenvalue weighted by Crippen LogP contribution is 2.32. The van der Waals surface area contributed by atoms with Crippen LogP contribution in [-0.4, -0.2) is 15.0 Å². The predicted molar refractivity (Wildman–Crippen MR) is 106 cm³/mol. The molecule has 6 nitrogen and oxygen atoms in total. The van der Waals surface area contributed by atoms with Crippen molar-refractivity contribution in [2.45, 2.75) is 12.7 Å². The third-order valence-corrected chi connectivity index (χ3v) is 4.31. The number of nitrogens with zero attached hydrogens (tertiary/aromatic N) is 3. The topological polar surface area (TPSA) is 75.9 Å². The molecule has 2 aromatic carbocycles. The van der Waals surface area contributed by atoms with Gasteiger partial charge in [-0.3, -0.25) is 0 Å². The van der Waals surface area contributed by atoms with Gasteiger partial charge in [0.25, 0.3) is 0 Å². The Morgan fingerprint density at radius 2 is 1.84 bits per heavy atom. The largest absolute Gasteiger partial charge is 0.445 e. The Morgan fingerprint density at radius 3 is 2.61 bits per heavy atom. The maximum Gasteiger partial charge on any atom is 0.416 e. The second-order valence-corrected chi connectivity index (χ2v) is 6.44. The number of benzene rings is 2. The van der Waals surface area contributed by atoms with Gasteiger partial charge in [0.15, 0.2) is 11.6 Å². The molecule has 0 atom stereocenters. The SMILES string of the molecule is Fc1cnc(Nc2cccc(-c3ncco3)c2)nc1NCc1ccccc1C(F)(F)F. The molecule has 0 radical (unpaired) electrons. The normalized spacial score (nSPS) is 11.4. The lowest BCUT2D eigenvalue weighted by atomic mass is 10.1. The maximum atomic E-state index is 14.1. The number of alkyl halides is 3. The van der Waals surface area contributed by atoms with Gasteiger partial charge >= 0.3 is 6.18 Å². The number of nitrogens with one attached hydrogen (secondary N) is 2. The number of hydrogen-bond donors (Lipinski definition) is 2. The minimum Gasteiger partial charge on any atom is -0.445 e. The zero-order valence-corrected chi connectivity index (χ0v) is 15.8. The van der Waals surface area contributed by atoms with Crippen molar-refractivity contribution in [2.24, 2.45) is 0 Å². The predicted octanol–water partition coefficient (Wildman–Crippen LogP) is 5.65. The first-order valence-electron chi connectivity index (χ1n) is 9.08. The Balaban J connectivity index is 1.52. The van der Waals surface area contributed by atoms with Gasteiger partial charge in [0.05, 0.1) is 18.0 Å². The van der Waals surface area contributed by atoms with Crippen LogP contribution in [0.4, 0.5) is 35.0 Å². The van der Waals surface area contributed by atoms with E-state index in [4.69, 9.17) is 4.42 Å². The van der Waals surface area contributed by atoms with Gasteiger partial charge in [0.2, 0.25) is 11.8 Å². The van der Waals surface area contributed by atoms with Crippen LogP contribution in [-0.2, 0) is 12.7 Å². The molecule has 0 unspecified atom stereocenters. The molecule has 10 heteroatoms. The lowest BCUT2D eigenvalue weighted by molar-refractivity contribution is -0.138. The first-order chi connectivity index (χ1) is 14.9. The Hall–Kier alpha value is -3.95. The van der Waals surface area contributed by atoms with Gasteiger partial charge in [-0.2, -0.15) is 18.2 Å². The number of oxazole rings is 1. The first kappa shape index (κ1) is 20.3. The fourth-order valence-electron chi connectivity index (χ4n) is 2.91. The van der Waals surface area contributed by atoms with Crippen LogP contribution in [0.25, 0.3) is 11.5 Å². The Morgan fingerprint density at radius 1 is 1.00 bits per heavy atom. The van der Waals surface area contributed by atoms with Crippen molar-refractivity contribution < 1.29 is 22.0 Å². The molecule has 0 aliphatic carbocycles. The molecule has 0 saturated heterocycles. The number of rotatable bonds is 6. The number of hydrogen-bond acceptors (Lipinski definition) is 6. The van der Waals surface area contributed by atoms with Crippen LogP contribution in [0.2, 0.25) is 0 Å². The van der Waals surface area contributed by atoms with E-state index in [0.29, 0.717) is 17.1 Å². The van der Waals surface area contributed by atoms with Gasteiger partial charge in [-0.15, -0.1) is 0 Å². The van der Waals surface area contributed by atoms with Crippen LogP contribution in [0.3, 0.4) is 0 Å². The lowest BCUT2D eigenvalue weighted by Gasteiger charge is -2.14. The molecule has 0 aliphatic rings. The molecule has 158 valence electrons. The maximum absolute atomic E-state index is 14.1. The third-order valence-electron chi connectivity index (χ3n) is 4.31. The van der Waals surface area contributed by atoms with Gasteiger partial charge in [-0.05, 0) is 29.8 Å². The molecular formula is C21H15F4N5O. The summed E-state index contributed by atoms with van der Waals surface area (Å²) < 4.78 is 58.8. The van der Waals surface area contributed by atoms with Crippen LogP contribution in [0, 0.1) is 5.82 Å². The van der Waals surface area contributed by atoms with E-state index in [2.05, 4.69) is 25.6 Å². The summed E-state index contributed by atoms with van der Waals surface area (Å²) in [6.45, 7) is -0.261. The molecule has 31 heavy (non-hydrogen) atoms. The highest BCUT2D eigenvalue weighted by atomic mass is 19.4. The highest BCUT2D eigenvalue weighted by Gasteiger charge is 2.32. The van der Waals surface area contributed by atoms with Crippen molar-refractivity contribution in [2.75, 3.05) is 10.6 Å². The van der Waals surface area contributed by atoms with Crippen molar-refractivity contribution >= 4 is 17.5 Å². The standard InChI is InChI=1S/C21H15F4N5O/c22-17-12-28-20(29-15-6-3-5-13(10-15)19-26-8-9-31-19)30-18(17)27-11-14-4-1-2-7-16(14)21(23,24)25/h1-10,12H,11H2,(H2,27,28,29,30). The van der Waals surface area contributed by atoms with E-state index in [-0.39, 0.29) is 23.9 Å². The summed E-state index contributed by atoms with van der Waals surface area (Å²) in [7, 11) is 0. The average molecular weight is 429 g/mol. The molecule has 2 aromatic heterocycles. The fourth-order valence-corrected chi connectivity index (χ4v) is 2.91. The van der Waals surface area contributed by atoms with Gasteiger partial charge in [0.1, 0.15) is 6.26 Å². The lowest BCUT2D eigenvalue weighted by Crippen LogP contribution is -2.13. The molecule has 4 aromatic rings. The van der Waals surface area contributed by atoms with Gasteiger partial charge in [-0.1, -0.05) is 24.3 Å². The van der Waals surface area contributed by atoms with Crippen molar-refractivity contribution in [3.63, 3.8) is 0 Å². The van der Waals surface area contributed by atoms with Crippen LogP contribution >= 0.6 is 0 Å². The summed E-state index contributed by atoms with van der Waals surface area (Å²) in [6.07, 6.45) is -0.602. The van der Waals surface area contributed by atoms with Crippen molar-refractivity contribution in [3.8, 4) is 11.5 Å².